The molecule has 1 saturated heterocycles. The van der Waals surface area contributed by atoms with Crippen LogP contribution in [0.1, 0.15) is 40.7 Å². The topological polar surface area (TPSA) is 128 Å². The molecule has 1 atom stereocenters. The Balaban J connectivity index is 1.45. The quantitative estimate of drug-likeness (QED) is 0.230. The average molecular weight is 672 g/mol. The number of rotatable bonds is 10. The first kappa shape index (κ1) is 31.2. The van der Waals surface area contributed by atoms with Gasteiger partial charge in [0, 0.05) is 66.6 Å². The lowest BCUT2D eigenvalue weighted by molar-refractivity contribution is 0.0951. The van der Waals surface area contributed by atoms with Gasteiger partial charge in [0.2, 0.25) is 10.0 Å². The lowest BCUT2D eigenvalue weighted by Gasteiger charge is -2.17. The van der Waals surface area contributed by atoms with E-state index in [1.807, 2.05) is 58.0 Å². The number of aryl methyl sites for hydroxylation is 2. The molecule has 4 heterocycles. The Bertz CT molecular complexity index is 1780. The third kappa shape index (κ3) is 6.35. The predicted octanol–water partition coefficient (Wildman–Crippen LogP) is 4.23. The first-order chi connectivity index (χ1) is 20.4. The Labute approximate surface area is 261 Å². The molecule has 3 N–H and O–H groups in total. The second-order valence-electron chi connectivity index (χ2n) is 11.3. The molecule has 1 unspecified atom stereocenters. The van der Waals surface area contributed by atoms with Crippen molar-refractivity contribution < 1.29 is 13.2 Å². The van der Waals surface area contributed by atoms with Gasteiger partial charge in [-0.15, -0.1) is 0 Å². The summed E-state index contributed by atoms with van der Waals surface area (Å²) < 4.78 is 29.2. The number of pyridine rings is 1. The van der Waals surface area contributed by atoms with Gasteiger partial charge in [0.1, 0.15) is 11.3 Å². The van der Waals surface area contributed by atoms with Gasteiger partial charge in [-0.25, -0.2) is 18.4 Å². The van der Waals surface area contributed by atoms with Gasteiger partial charge in [-0.2, -0.15) is 4.31 Å². The van der Waals surface area contributed by atoms with Gasteiger partial charge in [-0.05, 0) is 87.9 Å². The fourth-order valence-electron chi connectivity index (χ4n) is 5.55. The van der Waals surface area contributed by atoms with Crippen molar-refractivity contribution in [3.05, 3.63) is 57.4 Å². The van der Waals surface area contributed by atoms with Crippen LogP contribution in [0.25, 0.3) is 28.2 Å². The summed E-state index contributed by atoms with van der Waals surface area (Å²) in [4.78, 5) is 27.8. The van der Waals surface area contributed by atoms with Crippen molar-refractivity contribution in [3.8, 4) is 17.1 Å². The molecule has 0 saturated carbocycles. The second kappa shape index (κ2) is 12.4. The molecule has 13 heteroatoms. The lowest BCUT2D eigenvalue weighted by atomic mass is 10.1. The summed E-state index contributed by atoms with van der Waals surface area (Å²) in [5.74, 6) is 0.677. The van der Waals surface area contributed by atoms with Gasteiger partial charge >= 0.3 is 0 Å². The highest BCUT2D eigenvalue weighted by atomic mass is 79.9. The average Bonchev–Trinajstić information content (AvgIpc) is 3.68. The Hall–Kier alpha value is -3.26. The molecule has 11 nitrogen and oxygen atoms in total. The Morgan fingerprint density at radius 3 is 2.70 bits per heavy atom. The zero-order chi connectivity index (χ0) is 31.1. The molecule has 5 rings (SSSR count). The number of benzene rings is 1. The van der Waals surface area contributed by atoms with Crippen molar-refractivity contribution in [1.29, 1.82) is 0 Å². The zero-order valence-electron chi connectivity index (χ0n) is 25.5. The number of hydrogen-bond acceptors (Lipinski definition) is 7. The normalized spacial score (nSPS) is 16.0. The molecule has 1 amide bonds. The minimum atomic E-state index is -3.23. The molecule has 1 aliphatic heterocycles. The maximum atomic E-state index is 12.9. The SMILES string of the molecule is CCS(=O)(=O)N1CCC(Nc2c(Br)cnc3nc(-c4cc(C)n(-c5cc(C(=O)NCCN(C)C)ccc5C)c4C)[nH]c23)C1. The summed E-state index contributed by atoms with van der Waals surface area (Å²) in [7, 11) is 0.721. The van der Waals surface area contributed by atoms with E-state index in [9.17, 15) is 13.2 Å². The number of imidazole rings is 1. The number of carbonyl (C=O) groups is 1. The largest absolute Gasteiger partial charge is 0.378 e. The van der Waals surface area contributed by atoms with Gasteiger partial charge in [0.05, 0.1) is 15.9 Å². The number of hydrogen-bond donors (Lipinski definition) is 3. The van der Waals surface area contributed by atoms with Crippen LogP contribution in [0, 0.1) is 20.8 Å². The van der Waals surface area contributed by atoms with Gasteiger partial charge in [-0.3, -0.25) is 4.79 Å². The van der Waals surface area contributed by atoms with E-state index in [1.54, 1.807) is 17.4 Å². The first-order valence-electron chi connectivity index (χ1n) is 14.4. The van der Waals surface area contributed by atoms with Crippen molar-refractivity contribution in [1.82, 2.24) is 34.0 Å². The van der Waals surface area contributed by atoms with Crippen LogP contribution < -0.4 is 10.6 Å². The minimum absolute atomic E-state index is 0.0321. The molecule has 1 fully saturated rings. The monoisotopic (exact) mass is 670 g/mol. The van der Waals surface area contributed by atoms with Crippen molar-refractivity contribution in [2.75, 3.05) is 51.3 Å². The fraction of sp³-hybridized carbons (Fsp3) is 0.433. The van der Waals surface area contributed by atoms with Crippen molar-refractivity contribution >= 4 is 48.7 Å². The number of likely N-dealkylation sites (N-methyl/N-ethyl adjacent to an activating group) is 1. The number of carbonyl (C=O) groups excluding carboxylic acids is 1. The highest BCUT2D eigenvalue weighted by Gasteiger charge is 2.31. The van der Waals surface area contributed by atoms with Gasteiger partial charge in [0.15, 0.2) is 5.65 Å². The second-order valence-corrected chi connectivity index (χ2v) is 14.4. The summed E-state index contributed by atoms with van der Waals surface area (Å²) in [5.41, 5.74) is 7.64. The summed E-state index contributed by atoms with van der Waals surface area (Å²) in [6.07, 6.45) is 2.43. The number of aromatic amines is 1. The highest BCUT2D eigenvalue weighted by Crippen LogP contribution is 2.35. The summed E-state index contributed by atoms with van der Waals surface area (Å²) in [6.45, 7) is 10.1. The van der Waals surface area contributed by atoms with Crippen molar-refractivity contribution in [3.63, 3.8) is 0 Å². The smallest absolute Gasteiger partial charge is 0.251 e. The third-order valence-electron chi connectivity index (χ3n) is 7.97. The van der Waals surface area contributed by atoms with Crippen LogP contribution in [0.2, 0.25) is 0 Å². The third-order valence-corrected chi connectivity index (χ3v) is 10.4. The zero-order valence-corrected chi connectivity index (χ0v) is 27.9. The maximum absolute atomic E-state index is 12.9. The number of H-pyrrole nitrogens is 1. The van der Waals surface area contributed by atoms with Crippen LogP contribution in [0.3, 0.4) is 0 Å². The molecule has 230 valence electrons. The number of aromatic nitrogens is 4. The molecule has 1 aromatic carbocycles. The molecule has 0 aliphatic carbocycles. The Kier molecular flexibility index (Phi) is 8.98. The molecule has 1 aliphatic rings. The Morgan fingerprint density at radius 1 is 1.21 bits per heavy atom. The fourth-order valence-corrected chi connectivity index (χ4v) is 7.12. The summed E-state index contributed by atoms with van der Waals surface area (Å²) >= 11 is 3.62. The van der Waals surface area contributed by atoms with Gasteiger partial charge < -0.3 is 25.1 Å². The predicted molar refractivity (Wildman–Crippen MR) is 175 cm³/mol. The summed E-state index contributed by atoms with van der Waals surface area (Å²) in [5, 5.41) is 6.53. The molecular formula is C30H39BrN8O3S. The minimum Gasteiger partial charge on any atom is -0.378 e. The molecule has 0 spiro atoms. The van der Waals surface area contributed by atoms with E-state index in [0.29, 0.717) is 43.1 Å². The number of nitrogens with one attached hydrogen (secondary N) is 3. The molecule has 0 bridgehead atoms. The molecule has 4 aromatic rings. The lowest BCUT2D eigenvalue weighted by Crippen LogP contribution is -2.32. The number of fused-ring (bicyclic) bond motifs is 1. The number of amides is 1. The van der Waals surface area contributed by atoms with E-state index in [4.69, 9.17) is 4.98 Å². The van der Waals surface area contributed by atoms with E-state index in [2.05, 4.69) is 47.2 Å². The number of sulfonamides is 1. The van der Waals surface area contributed by atoms with Crippen molar-refractivity contribution in [2.45, 2.75) is 40.2 Å². The van der Waals surface area contributed by atoms with Gasteiger partial charge in [-0.1, -0.05) is 6.07 Å². The van der Waals surface area contributed by atoms with E-state index >= 15 is 0 Å². The highest BCUT2D eigenvalue weighted by molar-refractivity contribution is 9.10. The van der Waals surface area contributed by atoms with E-state index in [1.165, 1.54) is 0 Å². The summed E-state index contributed by atoms with van der Waals surface area (Å²) in [6, 6.07) is 7.83. The number of anilines is 1. The van der Waals surface area contributed by atoms with Crippen molar-refractivity contribution in [2.24, 2.45) is 0 Å². The van der Waals surface area contributed by atoms with Crippen LogP contribution in [0.15, 0.2) is 34.9 Å². The van der Waals surface area contributed by atoms with E-state index < -0.39 is 10.0 Å². The number of nitrogens with zero attached hydrogens (tertiary/aromatic N) is 5. The van der Waals surface area contributed by atoms with Crippen LogP contribution in [-0.4, -0.2) is 95.1 Å². The first-order valence-corrected chi connectivity index (χ1v) is 16.8. The van der Waals surface area contributed by atoms with Crippen LogP contribution in [0.4, 0.5) is 5.69 Å². The van der Waals surface area contributed by atoms with E-state index in [0.717, 1.165) is 50.4 Å². The van der Waals surface area contributed by atoms with E-state index in [-0.39, 0.29) is 17.7 Å². The van der Waals surface area contributed by atoms with Crippen LogP contribution in [-0.2, 0) is 10.0 Å². The molecule has 43 heavy (non-hydrogen) atoms. The molecular weight excluding hydrogens is 632 g/mol. The van der Waals surface area contributed by atoms with Crippen LogP contribution in [0.5, 0.6) is 0 Å². The Morgan fingerprint density at radius 2 is 1.98 bits per heavy atom. The molecule has 3 aromatic heterocycles. The number of halogens is 1. The standard InChI is InChI=1S/C30H39BrN8O3S/c1-7-43(41,42)38-12-10-22(17-38)34-26-24(31)16-33-29-27(26)35-28(36-29)23-14-19(3)39(20(23)4)25-15-21(9-8-18(25)2)30(40)32-11-13-37(5)6/h8-9,14-16,22H,7,10-13,17H2,1-6H3,(H,32,40)(H2,33,34,35,36). The maximum Gasteiger partial charge on any atom is 0.251 e. The molecule has 0 radical (unpaired) electrons. The van der Waals surface area contributed by atoms with Crippen LogP contribution >= 0.6 is 15.9 Å². The van der Waals surface area contributed by atoms with Gasteiger partial charge in [0.25, 0.3) is 5.91 Å².